The molecule has 8 heteroatoms. The molecule has 0 aliphatic rings. The standard InChI is InChI=1S/C12H15N3O4S/c1-10-6-5-7-11(15(16)17)12(10)20(18,19)14-9-4-2-3-8-13/h5-7,14H,2-4,9H2,1H3. The number of aryl methyl sites for hydroxylation is 1. The van der Waals surface area contributed by atoms with Crippen LogP contribution in [0.15, 0.2) is 23.1 Å². The normalized spacial score (nSPS) is 11.0. The van der Waals surface area contributed by atoms with Crippen molar-refractivity contribution in [3.63, 3.8) is 0 Å². The molecule has 0 spiro atoms. The second-order valence-corrected chi connectivity index (χ2v) is 5.90. The van der Waals surface area contributed by atoms with Crippen LogP contribution in [0.3, 0.4) is 0 Å². The van der Waals surface area contributed by atoms with Crippen LogP contribution in [-0.4, -0.2) is 19.9 Å². The highest BCUT2D eigenvalue weighted by atomic mass is 32.2. The van der Waals surface area contributed by atoms with Gasteiger partial charge in [-0.2, -0.15) is 5.26 Å². The van der Waals surface area contributed by atoms with Gasteiger partial charge in [0.2, 0.25) is 10.0 Å². The maximum absolute atomic E-state index is 12.1. The monoisotopic (exact) mass is 297 g/mol. The number of rotatable bonds is 7. The number of hydrogen-bond donors (Lipinski definition) is 1. The van der Waals surface area contributed by atoms with E-state index in [1.165, 1.54) is 19.1 Å². The summed E-state index contributed by atoms with van der Waals surface area (Å²) in [7, 11) is -3.93. The number of nitriles is 1. The summed E-state index contributed by atoms with van der Waals surface area (Å²) in [5.74, 6) is 0. The van der Waals surface area contributed by atoms with Crippen molar-refractivity contribution in [3.8, 4) is 6.07 Å². The first-order valence-corrected chi connectivity index (χ1v) is 7.49. The van der Waals surface area contributed by atoms with Gasteiger partial charge in [0.1, 0.15) is 0 Å². The summed E-state index contributed by atoms with van der Waals surface area (Å²) in [6.07, 6.45) is 1.44. The smallest absolute Gasteiger partial charge is 0.258 e. The molecule has 0 atom stereocenters. The van der Waals surface area contributed by atoms with E-state index in [0.29, 0.717) is 24.8 Å². The van der Waals surface area contributed by atoms with Crippen LogP contribution in [0.4, 0.5) is 5.69 Å². The predicted molar refractivity (Wildman–Crippen MR) is 72.5 cm³/mol. The molecule has 1 aromatic rings. The minimum atomic E-state index is -3.93. The minimum Gasteiger partial charge on any atom is -0.258 e. The Labute approximate surface area is 117 Å². The van der Waals surface area contributed by atoms with Gasteiger partial charge in [-0.25, -0.2) is 13.1 Å². The van der Waals surface area contributed by atoms with Crippen molar-refractivity contribution in [2.45, 2.75) is 31.1 Å². The van der Waals surface area contributed by atoms with E-state index in [1.54, 1.807) is 0 Å². The lowest BCUT2D eigenvalue weighted by molar-refractivity contribution is -0.387. The second-order valence-electron chi connectivity index (χ2n) is 4.19. The molecule has 0 aliphatic heterocycles. The SMILES string of the molecule is Cc1cccc([N+](=O)[O-])c1S(=O)(=O)NCCCCC#N. The number of nitrogens with zero attached hydrogens (tertiary/aromatic N) is 2. The minimum absolute atomic E-state index is 0.148. The highest BCUT2D eigenvalue weighted by Crippen LogP contribution is 2.26. The summed E-state index contributed by atoms with van der Waals surface area (Å²) in [4.78, 5) is 9.90. The van der Waals surface area contributed by atoms with E-state index in [1.807, 2.05) is 6.07 Å². The molecule has 0 unspecified atom stereocenters. The van der Waals surface area contributed by atoms with Crippen LogP contribution in [0.2, 0.25) is 0 Å². The molecule has 0 saturated carbocycles. The van der Waals surface area contributed by atoms with Gasteiger partial charge in [-0.3, -0.25) is 10.1 Å². The number of nitro benzene ring substituents is 1. The van der Waals surface area contributed by atoms with E-state index in [4.69, 9.17) is 5.26 Å². The zero-order chi connectivity index (χ0) is 15.2. The van der Waals surface area contributed by atoms with Crippen LogP contribution in [0.1, 0.15) is 24.8 Å². The van der Waals surface area contributed by atoms with Crippen LogP contribution in [0, 0.1) is 28.4 Å². The van der Waals surface area contributed by atoms with Crippen LogP contribution in [0.5, 0.6) is 0 Å². The van der Waals surface area contributed by atoms with E-state index in [-0.39, 0.29) is 11.4 Å². The van der Waals surface area contributed by atoms with Crippen molar-refractivity contribution in [2.24, 2.45) is 0 Å². The largest absolute Gasteiger partial charge is 0.289 e. The maximum Gasteiger partial charge on any atom is 0.289 e. The molecule has 1 aromatic carbocycles. The summed E-state index contributed by atoms with van der Waals surface area (Å²) in [6, 6.07) is 6.08. The van der Waals surface area contributed by atoms with E-state index < -0.39 is 20.6 Å². The third-order valence-corrected chi connectivity index (χ3v) is 4.32. The molecular formula is C12H15N3O4S. The van der Waals surface area contributed by atoms with Gasteiger partial charge in [-0.15, -0.1) is 0 Å². The Hall–Kier alpha value is -1.98. The van der Waals surface area contributed by atoms with Crippen LogP contribution >= 0.6 is 0 Å². The number of hydrogen-bond acceptors (Lipinski definition) is 5. The third kappa shape index (κ3) is 4.01. The summed E-state index contributed by atoms with van der Waals surface area (Å²) in [6.45, 7) is 1.66. The quantitative estimate of drug-likeness (QED) is 0.469. The first-order valence-electron chi connectivity index (χ1n) is 6.01. The fraction of sp³-hybridized carbons (Fsp3) is 0.417. The molecule has 108 valence electrons. The lowest BCUT2D eigenvalue weighted by Crippen LogP contribution is -2.26. The summed E-state index contributed by atoms with van der Waals surface area (Å²) >= 11 is 0. The molecule has 0 amide bonds. The molecule has 7 nitrogen and oxygen atoms in total. The van der Waals surface area contributed by atoms with Gasteiger partial charge < -0.3 is 0 Å². The van der Waals surface area contributed by atoms with Gasteiger partial charge in [0, 0.05) is 19.0 Å². The Bertz CT molecular complexity index is 635. The van der Waals surface area contributed by atoms with Crippen LogP contribution < -0.4 is 4.72 Å². The molecule has 1 rings (SSSR count). The first-order chi connectivity index (χ1) is 9.40. The highest BCUT2D eigenvalue weighted by molar-refractivity contribution is 7.89. The Kier molecular flexibility index (Phi) is 5.61. The number of sulfonamides is 1. The molecule has 0 aromatic heterocycles. The topological polar surface area (TPSA) is 113 Å². The predicted octanol–water partition coefficient (Wildman–Crippen LogP) is 1.88. The highest BCUT2D eigenvalue weighted by Gasteiger charge is 2.27. The average Bonchev–Trinajstić information content (AvgIpc) is 2.37. The van der Waals surface area contributed by atoms with Crippen molar-refractivity contribution in [1.29, 1.82) is 5.26 Å². The molecular weight excluding hydrogens is 282 g/mol. The number of benzene rings is 1. The van der Waals surface area contributed by atoms with Gasteiger partial charge >= 0.3 is 0 Å². The Morgan fingerprint density at radius 1 is 1.40 bits per heavy atom. The Morgan fingerprint density at radius 2 is 2.10 bits per heavy atom. The fourth-order valence-electron chi connectivity index (χ4n) is 1.74. The Morgan fingerprint density at radius 3 is 2.70 bits per heavy atom. The average molecular weight is 297 g/mol. The molecule has 0 saturated heterocycles. The molecule has 0 heterocycles. The van der Waals surface area contributed by atoms with Crippen molar-refractivity contribution in [1.82, 2.24) is 4.72 Å². The molecule has 0 fully saturated rings. The van der Waals surface area contributed by atoms with Gasteiger partial charge in [-0.1, -0.05) is 12.1 Å². The summed E-state index contributed by atoms with van der Waals surface area (Å²) in [5, 5.41) is 19.3. The van der Waals surface area contributed by atoms with Crippen LogP contribution in [0.25, 0.3) is 0 Å². The van der Waals surface area contributed by atoms with E-state index in [2.05, 4.69) is 4.72 Å². The number of nitro groups is 1. The lowest BCUT2D eigenvalue weighted by atomic mass is 10.2. The zero-order valence-electron chi connectivity index (χ0n) is 11.0. The third-order valence-electron chi connectivity index (χ3n) is 2.66. The molecule has 0 bridgehead atoms. The molecule has 1 N–H and O–H groups in total. The second kappa shape index (κ2) is 6.98. The van der Waals surface area contributed by atoms with E-state index >= 15 is 0 Å². The van der Waals surface area contributed by atoms with Crippen molar-refractivity contribution in [2.75, 3.05) is 6.54 Å². The zero-order valence-corrected chi connectivity index (χ0v) is 11.8. The van der Waals surface area contributed by atoms with Gasteiger partial charge in [0.05, 0.1) is 11.0 Å². The van der Waals surface area contributed by atoms with Crippen molar-refractivity contribution in [3.05, 3.63) is 33.9 Å². The van der Waals surface area contributed by atoms with Crippen molar-refractivity contribution < 1.29 is 13.3 Å². The summed E-state index contributed by atoms with van der Waals surface area (Å²) in [5.41, 5.74) is -0.113. The molecule has 0 aliphatic carbocycles. The maximum atomic E-state index is 12.1. The Balaban J connectivity index is 2.93. The van der Waals surface area contributed by atoms with Gasteiger partial charge in [0.25, 0.3) is 5.69 Å². The van der Waals surface area contributed by atoms with Crippen molar-refractivity contribution >= 4 is 15.7 Å². The number of nitrogens with one attached hydrogen (secondary N) is 1. The first kappa shape index (κ1) is 16.1. The van der Waals surface area contributed by atoms with E-state index in [0.717, 1.165) is 6.07 Å². The van der Waals surface area contributed by atoms with Gasteiger partial charge in [0.15, 0.2) is 4.90 Å². The molecule has 20 heavy (non-hydrogen) atoms. The molecule has 0 radical (unpaired) electrons. The number of unbranched alkanes of at least 4 members (excludes halogenated alkanes) is 2. The summed E-state index contributed by atoms with van der Waals surface area (Å²) < 4.78 is 26.6. The lowest BCUT2D eigenvalue weighted by Gasteiger charge is -2.09. The van der Waals surface area contributed by atoms with E-state index in [9.17, 15) is 18.5 Å². The van der Waals surface area contributed by atoms with Crippen LogP contribution in [-0.2, 0) is 10.0 Å². The fourth-order valence-corrected chi connectivity index (χ4v) is 3.21. The van der Waals surface area contributed by atoms with Gasteiger partial charge in [-0.05, 0) is 25.3 Å².